The minimum atomic E-state index is -0.376. The molecule has 1 aromatic heterocycles. The van der Waals surface area contributed by atoms with E-state index in [4.69, 9.17) is 23.2 Å². The molecule has 0 atom stereocenters. The van der Waals surface area contributed by atoms with E-state index in [9.17, 15) is 10.1 Å². The summed E-state index contributed by atoms with van der Waals surface area (Å²) >= 11 is 12.1. The van der Waals surface area contributed by atoms with Crippen molar-refractivity contribution in [3.8, 4) is 6.07 Å². The lowest BCUT2D eigenvalue weighted by atomic mass is 10.1. The molecule has 6 heteroatoms. The zero-order chi connectivity index (χ0) is 20.3. The number of hydrogen-bond acceptors (Lipinski definition) is 2. The number of amides is 1. The molecule has 0 aliphatic heterocycles. The fourth-order valence-electron chi connectivity index (χ4n) is 3.00. The molecule has 2 aromatic carbocycles. The zero-order valence-corrected chi connectivity index (χ0v) is 17.1. The smallest absolute Gasteiger partial charge is 0.262 e. The quantitative estimate of drug-likeness (QED) is 0.449. The predicted octanol–water partition coefficient (Wildman–Crippen LogP) is 5.43. The molecule has 0 spiro atoms. The predicted molar refractivity (Wildman–Crippen MR) is 114 cm³/mol. The first-order valence-electron chi connectivity index (χ1n) is 8.83. The number of carbonyl (C=O) groups excluding carboxylic acids is 1. The Bertz CT molecular complexity index is 1110. The molecule has 28 heavy (non-hydrogen) atoms. The van der Waals surface area contributed by atoms with Crippen LogP contribution in [0.15, 0.2) is 54.2 Å². The highest BCUT2D eigenvalue weighted by molar-refractivity contribution is 6.42. The number of rotatable bonds is 5. The van der Waals surface area contributed by atoms with E-state index in [0.717, 1.165) is 22.0 Å². The Labute approximate surface area is 174 Å². The third-order valence-corrected chi connectivity index (χ3v) is 4.98. The molecular formula is C22H19Cl2N3O. The van der Waals surface area contributed by atoms with Gasteiger partial charge in [-0.1, -0.05) is 47.5 Å². The van der Waals surface area contributed by atoms with Gasteiger partial charge in [0.25, 0.3) is 5.91 Å². The van der Waals surface area contributed by atoms with Crippen molar-refractivity contribution in [2.75, 3.05) is 0 Å². The van der Waals surface area contributed by atoms with Gasteiger partial charge >= 0.3 is 0 Å². The van der Waals surface area contributed by atoms with Crippen LogP contribution in [0.5, 0.6) is 0 Å². The molecule has 0 aliphatic rings. The van der Waals surface area contributed by atoms with Crippen LogP contribution in [0.3, 0.4) is 0 Å². The summed E-state index contributed by atoms with van der Waals surface area (Å²) in [4.78, 5) is 12.3. The summed E-state index contributed by atoms with van der Waals surface area (Å²) < 4.78 is 2.07. The van der Waals surface area contributed by atoms with Gasteiger partial charge in [0, 0.05) is 35.2 Å². The standard InChI is InChI=1S/C22H19Cl2N3O/c1-14(2)26-22(28)16(11-25)10-17-13-27(21-6-4-3-5-18(17)21)12-15-7-8-19(23)20(24)9-15/h3-10,13-14H,12H2,1-2H3,(H,26,28)/b16-10+. The van der Waals surface area contributed by atoms with Crippen LogP contribution in [0.1, 0.15) is 25.0 Å². The van der Waals surface area contributed by atoms with E-state index in [-0.39, 0.29) is 17.5 Å². The molecule has 1 N–H and O–H groups in total. The summed E-state index contributed by atoms with van der Waals surface area (Å²) in [5.74, 6) is -0.376. The topological polar surface area (TPSA) is 57.8 Å². The number of hydrogen-bond donors (Lipinski definition) is 1. The van der Waals surface area contributed by atoms with Gasteiger partial charge in [-0.05, 0) is 43.7 Å². The van der Waals surface area contributed by atoms with Crippen LogP contribution in [0, 0.1) is 11.3 Å². The van der Waals surface area contributed by atoms with Gasteiger partial charge in [-0.15, -0.1) is 0 Å². The second-order valence-corrected chi connectivity index (χ2v) is 7.59. The van der Waals surface area contributed by atoms with Gasteiger partial charge in [0.2, 0.25) is 0 Å². The molecule has 3 rings (SSSR count). The van der Waals surface area contributed by atoms with Gasteiger partial charge in [0.05, 0.1) is 10.0 Å². The van der Waals surface area contributed by atoms with Gasteiger partial charge in [-0.3, -0.25) is 4.79 Å². The Morgan fingerprint density at radius 3 is 2.64 bits per heavy atom. The molecular weight excluding hydrogens is 393 g/mol. The second-order valence-electron chi connectivity index (χ2n) is 6.78. The number of fused-ring (bicyclic) bond motifs is 1. The summed E-state index contributed by atoms with van der Waals surface area (Å²) in [5, 5.41) is 14.2. The van der Waals surface area contributed by atoms with Gasteiger partial charge in [0.15, 0.2) is 0 Å². The van der Waals surface area contributed by atoms with E-state index < -0.39 is 0 Å². The number of nitrogens with zero attached hydrogens (tertiary/aromatic N) is 2. The van der Waals surface area contributed by atoms with E-state index in [1.165, 1.54) is 0 Å². The van der Waals surface area contributed by atoms with Crippen LogP contribution in [0.2, 0.25) is 10.0 Å². The number of benzene rings is 2. The Morgan fingerprint density at radius 2 is 1.96 bits per heavy atom. The first-order chi connectivity index (χ1) is 13.4. The van der Waals surface area contributed by atoms with Crippen LogP contribution in [-0.4, -0.2) is 16.5 Å². The Kier molecular flexibility index (Phi) is 6.08. The van der Waals surface area contributed by atoms with Gasteiger partial charge in [-0.25, -0.2) is 0 Å². The first kappa shape index (κ1) is 20.0. The van der Waals surface area contributed by atoms with Gasteiger partial charge in [0.1, 0.15) is 11.6 Å². The zero-order valence-electron chi connectivity index (χ0n) is 15.5. The number of carbonyl (C=O) groups is 1. The van der Waals surface area contributed by atoms with E-state index in [0.29, 0.717) is 16.6 Å². The molecule has 4 nitrogen and oxygen atoms in total. The van der Waals surface area contributed by atoms with Crippen LogP contribution in [-0.2, 0) is 11.3 Å². The third kappa shape index (κ3) is 4.39. The van der Waals surface area contributed by atoms with Crippen molar-refractivity contribution in [2.45, 2.75) is 26.4 Å². The molecule has 0 saturated heterocycles. The largest absolute Gasteiger partial charge is 0.349 e. The highest BCUT2D eigenvalue weighted by Gasteiger charge is 2.13. The SMILES string of the molecule is CC(C)NC(=O)/C(C#N)=C/c1cn(Cc2ccc(Cl)c(Cl)c2)c2ccccc12. The van der Waals surface area contributed by atoms with E-state index in [1.54, 1.807) is 12.1 Å². The van der Waals surface area contributed by atoms with Crippen molar-refractivity contribution < 1.29 is 4.79 Å². The average molecular weight is 412 g/mol. The van der Waals surface area contributed by atoms with Crippen molar-refractivity contribution in [1.82, 2.24) is 9.88 Å². The van der Waals surface area contributed by atoms with Crippen LogP contribution < -0.4 is 5.32 Å². The summed E-state index contributed by atoms with van der Waals surface area (Å²) in [5.41, 5.74) is 2.89. The molecule has 1 heterocycles. The van der Waals surface area contributed by atoms with E-state index in [2.05, 4.69) is 9.88 Å². The third-order valence-electron chi connectivity index (χ3n) is 4.24. The second kappa shape index (κ2) is 8.52. The number of nitrogens with one attached hydrogen (secondary N) is 1. The molecule has 3 aromatic rings. The van der Waals surface area contributed by atoms with Crippen molar-refractivity contribution in [3.63, 3.8) is 0 Å². The van der Waals surface area contributed by atoms with Crippen molar-refractivity contribution >= 4 is 46.1 Å². The minimum Gasteiger partial charge on any atom is -0.349 e. The van der Waals surface area contributed by atoms with Crippen LogP contribution >= 0.6 is 23.2 Å². The fraction of sp³-hybridized carbons (Fsp3) is 0.182. The number of para-hydroxylation sites is 1. The number of aromatic nitrogens is 1. The lowest BCUT2D eigenvalue weighted by molar-refractivity contribution is -0.117. The summed E-state index contributed by atoms with van der Waals surface area (Å²) in [6.07, 6.45) is 3.57. The maximum atomic E-state index is 12.3. The normalized spacial score (nSPS) is 11.6. The lowest BCUT2D eigenvalue weighted by Gasteiger charge is -2.07. The van der Waals surface area contributed by atoms with Crippen molar-refractivity contribution in [3.05, 3.63) is 75.4 Å². The maximum Gasteiger partial charge on any atom is 0.262 e. The Hall–Kier alpha value is -2.74. The molecule has 142 valence electrons. The van der Waals surface area contributed by atoms with Gasteiger partial charge in [-0.2, -0.15) is 5.26 Å². The summed E-state index contributed by atoms with van der Waals surface area (Å²) in [6.45, 7) is 4.30. The van der Waals surface area contributed by atoms with Crippen LogP contribution in [0.25, 0.3) is 17.0 Å². The minimum absolute atomic E-state index is 0.0414. The molecule has 0 fully saturated rings. The monoisotopic (exact) mass is 411 g/mol. The average Bonchev–Trinajstić information content (AvgIpc) is 2.99. The van der Waals surface area contributed by atoms with E-state index in [1.807, 2.05) is 62.5 Å². The summed E-state index contributed by atoms with van der Waals surface area (Å²) in [6, 6.07) is 15.4. The fourth-order valence-corrected chi connectivity index (χ4v) is 3.32. The molecule has 0 aliphatic carbocycles. The Morgan fingerprint density at radius 1 is 1.21 bits per heavy atom. The summed E-state index contributed by atoms with van der Waals surface area (Å²) in [7, 11) is 0. The molecule has 0 radical (unpaired) electrons. The highest BCUT2D eigenvalue weighted by atomic mass is 35.5. The lowest BCUT2D eigenvalue weighted by Crippen LogP contribution is -2.30. The highest BCUT2D eigenvalue weighted by Crippen LogP contribution is 2.27. The molecule has 1 amide bonds. The molecule has 0 unspecified atom stereocenters. The van der Waals surface area contributed by atoms with Crippen LogP contribution in [0.4, 0.5) is 0 Å². The van der Waals surface area contributed by atoms with Gasteiger partial charge < -0.3 is 9.88 Å². The number of nitriles is 1. The van der Waals surface area contributed by atoms with Crippen molar-refractivity contribution in [2.24, 2.45) is 0 Å². The van der Waals surface area contributed by atoms with E-state index >= 15 is 0 Å². The Balaban J connectivity index is 2.03. The molecule has 0 saturated carbocycles. The number of halogens is 2. The molecule has 0 bridgehead atoms. The first-order valence-corrected chi connectivity index (χ1v) is 9.59. The maximum absolute atomic E-state index is 12.3. The van der Waals surface area contributed by atoms with Crippen molar-refractivity contribution in [1.29, 1.82) is 5.26 Å².